The molecule has 2 aromatic heterocycles. The van der Waals surface area contributed by atoms with Crippen molar-refractivity contribution in [2.45, 2.75) is 13.8 Å². The number of hydrogen-bond acceptors (Lipinski definition) is 6. The van der Waals surface area contributed by atoms with Crippen molar-refractivity contribution in [3.8, 4) is 22.9 Å². The van der Waals surface area contributed by atoms with Crippen LogP contribution in [0.15, 0.2) is 103 Å². The maximum atomic E-state index is 12.4. The van der Waals surface area contributed by atoms with Gasteiger partial charge in [-0.05, 0) is 84.6 Å². The fourth-order valence-corrected chi connectivity index (χ4v) is 4.46. The molecular formula is C32H22N2O4. The molecule has 0 fully saturated rings. The molecule has 6 nitrogen and oxygen atoms in total. The number of benzene rings is 4. The second kappa shape index (κ2) is 9.41. The zero-order chi connectivity index (χ0) is 26.2. The van der Waals surface area contributed by atoms with Gasteiger partial charge in [0.15, 0.2) is 0 Å². The molecule has 0 spiro atoms. The van der Waals surface area contributed by atoms with E-state index in [9.17, 15) is 9.59 Å². The highest BCUT2D eigenvalue weighted by Gasteiger charge is 2.11. The summed E-state index contributed by atoms with van der Waals surface area (Å²) in [4.78, 5) is 33.8. The van der Waals surface area contributed by atoms with Crippen molar-refractivity contribution in [1.82, 2.24) is 9.97 Å². The maximum absolute atomic E-state index is 12.4. The second-order valence-corrected chi connectivity index (χ2v) is 9.12. The molecule has 0 aliphatic rings. The summed E-state index contributed by atoms with van der Waals surface area (Å²) < 4.78 is 11.0. The molecule has 2 heterocycles. The van der Waals surface area contributed by atoms with Crippen molar-refractivity contribution in [1.29, 1.82) is 0 Å². The molecule has 6 heteroatoms. The summed E-state index contributed by atoms with van der Waals surface area (Å²) in [6, 6.07) is 26.0. The van der Waals surface area contributed by atoms with Crippen molar-refractivity contribution < 1.29 is 8.83 Å². The number of fused-ring (bicyclic) bond motifs is 2. The lowest BCUT2D eigenvalue weighted by Gasteiger charge is -2.07. The Kier molecular flexibility index (Phi) is 5.77. The Morgan fingerprint density at radius 2 is 1.00 bits per heavy atom. The fourth-order valence-electron chi connectivity index (χ4n) is 4.46. The number of hydrogen-bond donors (Lipinski definition) is 0. The third-order valence-electron chi connectivity index (χ3n) is 6.55. The van der Waals surface area contributed by atoms with E-state index < -0.39 is 11.3 Å². The number of aromatic nitrogens is 2. The molecule has 6 aromatic rings. The molecule has 0 unspecified atom stereocenters. The molecule has 0 bridgehead atoms. The standard InChI is InChI=1S/C32H22N2O4/c1-19-17-23(29-33-27-9-5-3-7-25(27)31(35)37-29)15-13-21(19)11-12-22-14-16-24(18-20(22)2)30-34-28-10-6-4-8-26(28)32(36)38-30/h3-18H,1-2H3/b12-11+. The highest BCUT2D eigenvalue weighted by molar-refractivity contribution is 5.80. The van der Waals surface area contributed by atoms with E-state index in [-0.39, 0.29) is 0 Å². The smallest absolute Gasteiger partial charge is 0.347 e. The van der Waals surface area contributed by atoms with Crippen LogP contribution in [0.5, 0.6) is 0 Å². The SMILES string of the molecule is Cc1cc(-c2nc3ccccc3c(=O)o2)ccc1/C=C/c1ccc(-c2nc3ccccc3c(=O)o2)cc1C. The predicted molar refractivity (Wildman–Crippen MR) is 150 cm³/mol. The van der Waals surface area contributed by atoms with E-state index in [0.29, 0.717) is 33.6 Å². The lowest BCUT2D eigenvalue weighted by atomic mass is 10.0. The van der Waals surface area contributed by atoms with Crippen LogP contribution in [0.4, 0.5) is 0 Å². The van der Waals surface area contributed by atoms with Crippen LogP contribution < -0.4 is 11.3 Å². The van der Waals surface area contributed by atoms with Crippen LogP contribution in [0, 0.1) is 13.8 Å². The van der Waals surface area contributed by atoms with Crippen LogP contribution >= 0.6 is 0 Å². The first-order chi connectivity index (χ1) is 18.5. The van der Waals surface area contributed by atoms with E-state index in [1.165, 1.54) is 0 Å². The molecule has 0 aliphatic carbocycles. The number of aryl methyl sites for hydroxylation is 2. The van der Waals surface area contributed by atoms with Gasteiger partial charge in [0.2, 0.25) is 11.8 Å². The molecule has 0 N–H and O–H groups in total. The Hall–Kier alpha value is -5.10. The van der Waals surface area contributed by atoms with Gasteiger partial charge in [-0.2, -0.15) is 0 Å². The van der Waals surface area contributed by atoms with Gasteiger partial charge in [0.1, 0.15) is 0 Å². The fraction of sp³-hybridized carbons (Fsp3) is 0.0625. The summed E-state index contributed by atoms with van der Waals surface area (Å²) in [6.45, 7) is 4.01. The van der Waals surface area contributed by atoms with E-state index in [0.717, 1.165) is 33.4 Å². The topological polar surface area (TPSA) is 86.2 Å². The van der Waals surface area contributed by atoms with Crippen molar-refractivity contribution in [3.05, 3.63) is 128 Å². The molecule has 0 saturated heterocycles. The molecule has 0 radical (unpaired) electrons. The Balaban J connectivity index is 1.28. The average Bonchev–Trinajstić information content (AvgIpc) is 2.93. The molecular weight excluding hydrogens is 476 g/mol. The van der Waals surface area contributed by atoms with Gasteiger partial charge in [0.25, 0.3) is 0 Å². The molecule has 38 heavy (non-hydrogen) atoms. The van der Waals surface area contributed by atoms with Crippen LogP contribution in [0.25, 0.3) is 56.9 Å². The Morgan fingerprint density at radius 1 is 0.579 bits per heavy atom. The lowest BCUT2D eigenvalue weighted by molar-refractivity contribution is 0.518. The summed E-state index contributed by atoms with van der Waals surface area (Å²) in [7, 11) is 0. The second-order valence-electron chi connectivity index (χ2n) is 9.12. The summed E-state index contributed by atoms with van der Waals surface area (Å²) in [5.74, 6) is 0.598. The minimum absolute atomic E-state index is 0.299. The molecule has 0 atom stereocenters. The molecule has 6 rings (SSSR count). The van der Waals surface area contributed by atoms with E-state index in [1.807, 2.05) is 74.5 Å². The zero-order valence-electron chi connectivity index (χ0n) is 20.8. The van der Waals surface area contributed by atoms with Crippen LogP contribution in [0.2, 0.25) is 0 Å². The van der Waals surface area contributed by atoms with Crippen LogP contribution in [0.1, 0.15) is 22.3 Å². The van der Waals surface area contributed by atoms with Crippen molar-refractivity contribution >= 4 is 34.0 Å². The first-order valence-electron chi connectivity index (χ1n) is 12.2. The predicted octanol–water partition coefficient (Wildman–Crippen LogP) is 6.81. The van der Waals surface area contributed by atoms with Gasteiger partial charge in [-0.25, -0.2) is 19.6 Å². The first kappa shape index (κ1) is 23.3. The molecule has 0 aliphatic heterocycles. The first-order valence-corrected chi connectivity index (χ1v) is 12.2. The minimum atomic E-state index is -0.399. The highest BCUT2D eigenvalue weighted by Crippen LogP contribution is 2.25. The lowest BCUT2D eigenvalue weighted by Crippen LogP contribution is -2.02. The highest BCUT2D eigenvalue weighted by atomic mass is 16.4. The number of nitrogens with zero attached hydrogens (tertiary/aromatic N) is 2. The Morgan fingerprint density at radius 3 is 1.42 bits per heavy atom. The van der Waals surface area contributed by atoms with E-state index >= 15 is 0 Å². The summed E-state index contributed by atoms with van der Waals surface area (Å²) >= 11 is 0. The van der Waals surface area contributed by atoms with E-state index in [4.69, 9.17) is 8.83 Å². The Labute approximate surface area is 217 Å². The van der Waals surface area contributed by atoms with Gasteiger partial charge in [-0.15, -0.1) is 0 Å². The van der Waals surface area contributed by atoms with E-state index in [1.54, 1.807) is 36.4 Å². The van der Waals surface area contributed by atoms with Crippen LogP contribution in [-0.4, -0.2) is 9.97 Å². The monoisotopic (exact) mass is 498 g/mol. The van der Waals surface area contributed by atoms with Gasteiger partial charge >= 0.3 is 11.3 Å². The van der Waals surface area contributed by atoms with Crippen molar-refractivity contribution in [2.24, 2.45) is 0 Å². The Bertz CT molecular complexity index is 1860. The van der Waals surface area contributed by atoms with Crippen LogP contribution in [-0.2, 0) is 0 Å². The van der Waals surface area contributed by atoms with Crippen LogP contribution in [0.3, 0.4) is 0 Å². The average molecular weight is 499 g/mol. The van der Waals surface area contributed by atoms with Crippen molar-refractivity contribution in [3.63, 3.8) is 0 Å². The molecule has 0 amide bonds. The van der Waals surface area contributed by atoms with Gasteiger partial charge in [-0.1, -0.05) is 48.6 Å². The number of rotatable bonds is 4. The summed E-state index contributed by atoms with van der Waals surface area (Å²) in [6.07, 6.45) is 4.08. The zero-order valence-corrected chi connectivity index (χ0v) is 20.8. The van der Waals surface area contributed by atoms with E-state index in [2.05, 4.69) is 9.97 Å². The summed E-state index contributed by atoms with van der Waals surface area (Å²) in [5, 5.41) is 0.930. The van der Waals surface area contributed by atoms with Gasteiger partial charge in [0.05, 0.1) is 21.8 Å². The minimum Gasteiger partial charge on any atom is -0.403 e. The summed E-state index contributed by atoms with van der Waals surface area (Å²) in [5.41, 5.74) is 6.01. The number of para-hydroxylation sites is 2. The van der Waals surface area contributed by atoms with Gasteiger partial charge in [-0.3, -0.25) is 0 Å². The quantitative estimate of drug-likeness (QED) is 0.248. The third-order valence-corrected chi connectivity index (χ3v) is 6.55. The van der Waals surface area contributed by atoms with Gasteiger partial charge in [0, 0.05) is 11.1 Å². The normalized spacial score (nSPS) is 11.5. The van der Waals surface area contributed by atoms with Gasteiger partial charge < -0.3 is 8.83 Å². The largest absolute Gasteiger partial charge is 0.403 e. The molecule has 4 aromatic carbocycles. The maximum Gasteiger partial charge on any atom is 0.347 e. The molecule has 0 saturated carbocycles. The molecule has 184 valence electrons. The van der Waals surface area contributed by atoms with Crippen molar-refractivity contribution in [2.75, 3.05) is 0 Å². The third kappa shape index (κ3) is 4.33.